The van der Waals surface area contributed by atoms with Gasteiger partial charge in [0.2, 0.25) is 5.95 Å². The summed E-state index contributed by atoms with van der Waals surface area (Å²) in [4.78, 5) is 13.5. The van der Waals surface area contributed by atoms with E-state index in [9.17, 15) is 5.11 Å². The van der Waals surface area contributed by atoms with Crippen molar-refractivity contribution < 1.29 is 5.11 Å². The number of aliphatic hydroxyl groups is 1. The SMILES string of the molecule is CC(C)(O)c1ccnc(-c2cccc3cc(C(N)c4nc(N)ncc4Cl)sc23)c1. The molecule has 0 fully saturated rings. The molecule has 0 bridgehead atoms. The first-order valence-electron chi connectivity index (χ1n) is 8.99. The summed E-state index contributed by atoms with van der Waals surface area (Å²) in [6, 6.07) is 11.3. The quantitative estimate of drug-likeness (QED) is 0.450. The average Bonchev–Trinajstić information content (AvgIpc) is 3.13. The van der Waals surface area contributed by atoms with Gasteiger partial charge in [0.15, 0.2) is 0 Å². The van der Waals surface area contributed by atoms with Gasteiger partial charge < -0.3 is 16.6 Å². The summed E-state index contributed by atoms with van der Waals surface area (Å²) in [5, 5.41) is 11.8. The van der Waals surface area contributed by atoms with Crippen molar-refractivity contribution >= 4 is 39.0 Å². The topological polar surface area (TPSA) is 111 Å². The van der Waals surface area contributed by atoms with Gasteiger partial charge in [0.05, 0.1) is 34.3 Å². The number of aromatic nitrogens is 3. The lowest BCUT2D eigenvalue weighted by molar-refractivity contribution is 0.0785. The highest BCUT2D eigenvalue weighted by molar-refractivity contribution is 7.19. The molecule has 1 atom stereocenters. The predicted octanol–water partition coefficient (Wildman–Crippen LogP) is 4.26. The van der Waals surface area contributed by atoms with Gasteiger partial charge in [-0.3, -0.25) is 4.98 Å². The van der Waals surface area contributed by atoms with Crippen LogP contribution in [0.1, 0.15) is 36.0 Å². The number of nitrogens with zero attached hydrogens (tertiary/aromatic N) is 3. The van der Waals surface area contributed by atoms with Crippen LogP contribution in [0.25, 0.3) is 21.3 Å². The molecule has 0 saturated heterocycles. The first-order valence-corrected chi connectivity index (χ1v) is 10.2. The molecule has 0 aliphatic carbocycles. The number of anilines is 1. The zero-order chi connectivity index (χ0) is 20.8. The first-order chi connectivity index (χ1) is 13.7. The third kappa shape index (κ3) is 3.82. The highest BCUT2D eigenvalue weighted by Gasteiger charge is 2.20. The van der Waals surface area contributed by atoms with E-state index in [1.807, 2.05) is 36.4 Å². The van der Waals surface area contributed by atoms with Gasteiger partial charge in [-0.15, -0.1) is 11.3 Å². The molecule has 29 heavy (non-hydrogen) atoms. The van der Waals surface area contributed by atoms with Crippen LogP contribution in [-0.4, -0.2) is 20.1 Å². The molecule has 0 aliphatic heterocycles. The Kier molecular flexibility index (Phi) is 5.00. The molecule has 4 rings (SSSR count). The molecule has 4 aromatic rings. The molecule has 5 N–H and O–H groups in total. The highest BCUT2D eigenvalue weighted by atomic mass is 35.5. The largest absolute Gasteiger partial charge is 0.386 e. The van der Waals surface area contributed by atoms with Gasteiger partial charge in [0.25, 0.3) is 0 Å². The summed E-state index contributed by atoms with van der Waals surface area (Å²) in [6.45, 7) is 3.51. The Balaban J connectivity index is 1.82. The molecule has 0 spiro atoms. The van der Waals surface area contributed by atoms with E-state index >= 15 is 0 Å². The van der Waals surface area contributed by atoms with E-state index in [1.165, 1.54) is 6.20 Å². The minimum absolute atomic E-state index is 0.134. The number of halogens is 1. The summed E-state index contributed by atoms with van der Waals surface area (Å²) in [7, 11) is 0. The van der Waals surface area contributed by atoms with Crippen LogP contribution in [0.2, 0.25) is 5.02 Å². The predicted molar refractivity (Wildman–Crippen MR) is 118 cm³/mol. The maximum absolute atomic E-state index is 10.3. The molecule has 0 radical (unpaired) electrons. The second-order valence-electron chi connectivity index (χ2n) is 7.30. The maximum atomic E-state index is 10.3. The maximum Gasteiger partial charge on any atom is 0.220 e. The van der Waals surface area contributed by atoms with Crippen LogP contribution in [0.4, 0.5) is 5.95 Å². The minimum atomic E-state index is -0.946. The van der Waals surface area contributed by atoms with E-state index in [-0.39, 0.29) is 5.95 Å². The smallest absolute Gasteiger partial charge is 0.220 e. The van der Waals surface area contributed by atoms with Crippen molar-refractivity contribution in [3.8, 4) is 11.3 Å². The lowest BCUT2D eigenvalue weighted by Gasteiger charge is -2.18. The van der Waals surface area contributed by atoms with Crippen LogP contribution in [0.15, 0.2) is 48.8 Å². The number of nitrogens with two attached hydrogens (primary N) is 2. The van der Waals surface area contributed by atoms with Crippen LogP contribution in [-0.2, 0) is 5.60 Å². The normalized spacial score (nSPS) is 13.0. The van der Waals surface area contributed by atoms with E-state index in [0.717, 1.165) is 31.8 Å². The monoisotopic (exact) mass is 425 g/mol. The molecule has 8 heteroatoms. The Bertz CT molecular complexity index is 1200. The van der Waals surface area contributed by atoms with Gasteiger partial charge >= 0.3 is 0 Å². The van der Waals surface area contributed by atoms with Gasteiger partial charge in [-0.05, 0) is 43.0 Å². The number of rotatable bonds is 4. The van der Waals surface area contributed by atoms with Crippen LogP contribution >= 0.6 is 22.9 Å². The summed E-state index contributed by atoms with van der Waals surface area (Å²) in [5.41, 5.74) is 14.3. The molecule has 3 heterocycles. The molecule has 0 amide bonds. The molecule has 1 aromatic carbocycles. The molecule has 0 saturated carbocycles. The zero-order valence-corrected chi connectivity index (χ0v) is 17.5. The minimum Gasteiger partial charge on any atom is -0.386 e. The van der Waals surface area contributed by atoms with E-state index in [1.54, 1.807) is 31.4 Å². The van der Waals surface area contributed by atoms with E-state index < -0.39 is 11.6 Å². The van der Waals surface area contributed by atoms with Gasteiger partial charge in [-0.25, -0.2) is 9.97 Å². The van der Waals surface area contributed by atoms with Crippen LogP contribution in [0.3, 0.4) is 0 Å². The van der Waals surface area contributed by atoms with Crippen LogP contribution in [0, 0.1) is 0 Å². The zero-order valence-electron chi connectivity index (χ0n) is 15.9. The molecule has 3 aromatic heterocycles. The number of benzene rings is 1. The van der Waals surface area contributed by atoms with Crippen molar-refractivity contribution in [3.05, 3.63) is 69.9 Å². The van der Waals surface area contributed by atoms with E-state index in [4.69, 9.17) is 23.1 Å². The van der Waals surface area contributed by atoms with Crippen molar-refractivity contribution in [2.75, 3.05) is 5.73 Å². The van der Waals surface area contributed by atoms with Gasteiger partial charge in [0.1, 0.15) is 0 Å². The van der Waals surface area contributed by atoms with Crippen molar-refractivity contribution in [1.82, 2.24) is 15.0 Å². The van der Waals surface area contributed by atoms with Crippen molar-refractivity contribution in [1.29, 1.82) is 0 Å². The fourth-order valence-electron chi connectivity index (χ4n) is 3.14. The highest BCUT2D eigenvalue weighted by Crippen LogP contribution is 2.38. The Morgan fingerprint density at radius 2 is 1.97 bits per heavy atom. The molecule has 6 nitrogen and oxygen atoms in total. The Hall–Kier alpha value is -2.58. The lowest BCUT2D eigenvalue weighted by atomic mass is 9.97. The number of hydrogen-bond acceptors (Lipinski definition) is 7. The second kappa shape index (κ2) is 7.35. The van der Waals surface area contributed by atoms with Crippen LogP contribution < -0.4 is 11.5 Å². The molecule has 148 valence electrons. The summed E-state index contributed by atoms with van der Waals surface area (Å²) in [5.74, 6) is 0.134. The molecule has 0 aliphatic rings. The Morgan fingerprint density at radius 3 is 2.72 bits per heavy atom. The van der Waals surface area contributed by atoms with Crippen molar-refractivity contribution in [2.24, 2.45) is 5.73 Å². The number of pyridine rings is 1. The second-order valence-corrected chi connectivity index (χ2v) is 8.79. The lowest BCUT2D eigenvalue weighted by Crippen LogP contribution is -2.15. The Labute approximate surface area is 177 Å². The molecular weight excluding hydrogens is 406 g/mol. The third-order valence-electron chi connectivity index (χ3n) is 4.70. The summed E-state index contributed by atoms with van der Waals surface area (Å²) >= 11 is 7.80. The molecular formula is C21H20ClN5OS. The fourth-order valence-corrected chi connectivity index (χ4v) is 4.54. The van der Waals surface area contributed by atoms with Gasteiger partial charge in [0, 0.05) is 21.3 Å². The number of hydrogen-bond donors (Lipinski definition) is 3. The fraction of sp³-hybridized carbons (Fsp3) is 0.190. The number of nitrogen functional groups attached to an aromatic ring is 1. The summed E-state index contributed by atoms with van der Waals surface area (Å²) < 4.78 is 1.05. The third-order valence-corrected chi connectivity index (χ3v) is 6.25. The van der Waals surface area contributed by atoms with Crippen LogP contribution in [0.5, 0.6) is 0 Å². The standard InChI is InChI=1S/C21H20ClN5OS/c1-21(2,28)12-6-7-25-15(9-12)13-5-3-4-11-8-16(29-19(11)13)17(23)18-14(22)10-26-20(24)27-18/h3-10,17,28H,23H2,1-2H3,(H2,24,26,27). The van der Waals surface area contributed by atoms with E-state index in [2.05, 4.69) is 15.0 Å². The van der Waals surface area contributed by atoms with Gasteiger partial charge in [-0.2, -0.15) is 0 Å². The number of thiophene rings is 1. The molecule has 1 unspecified atom stereocenters. The average molecular weight is 426 g/mol. The summed E-state index contributed by atoms with van der Waals surface area (Å²) in [6.07, 6.45) is 3.18. The van der Waals surface area contributed by atoms with E-state index in [0.29, 0.717) is 10.7 Å². The van der Waals surface area contributed by atoms with Crippen molar-refractivity contribution in [3.63, 3.8) is 0 Å². The van der Waals surface area contributed by atoms with Gasteiger partial charge in [-0.1, -0.05) is 29.8 Å². The van der Waals surface area contributed by atoms with Crippen molar-refractivity contribution in [2.45, 2.75) is 25.5 Å². The Morgan fingerprint density at radius 1 is 1.17 bits per heavy atom. The number of fused-ring (bicyclic) bond motifs is 1. The first kappa shape index (κ1) is 19.7.